The number of aromatic nitrogens is 1. The Morgan fingerprint density at radius 1 is 1.11 bits per heavy atom. The van der Waals surface area contributed by atoms with Crippen molar-refractivity contribution < 1.29 is 32.6 Å². The van der Waals surface area contributed by atoms with Gasteiger partial charge < -0.3 is 14.7 Å². The molecule has 0 bridgehead atoms. The zero-order valence-corrected chi connectivity index (χ0v) is 18.8. The van der Waals surface area contributed by atoms with Crippen molar-refractivity contribution in [3.8, 4) is 5.75 Å². The lowest BCUT2D eigenvalue weighted by Gasteiger charge is -2.25. The van der Waals surface area contributed by atoms with Crippen LogP contribution in [0.5, 0.6) is 5.75 Å². The SMILES string of the molecule is COc1ccc(C)cc1/C(O)=C1\C(=O)C(=O)N(Cc2cccc(C(F)(F)F)c2)C1c1cccnc1. The third kappa shape index (κ3) is 4.62. The molecule has 1 aromatic heterocycles. The number of ether oxygens (including phenoxy) is 1. The van der Waals surface area contributed by atoms with Crippen molar-refractivity contribution in [3.05, 3.63) is 100 Å². The first-order chi connectivity index (χ1) is 16.6. The van der Waals surface area contributed by atoms with E-state index in [2.05, 4.69) is 4.98 Å². The number of halogens is 3. The molecule has 1 amide bonds. The molecule has 1 aliphatic heterocycles. The first-order valence-electron chi connectivity index (χ1n) is 10.6. The monoisotopic (exact) mass is 482 g/mol. The highest BCUT2D eigenvalue weighted by Crippen LogP contribution is 2.42. The Hall–Kier alpha value is -4.14. The summed E-state index contributed by atoms with van der Waals surface area (Å²) in [7, 11) is 1.41. The highest BCUT2D eigenvalue weighted by Gasteiger charge is 2.46. The van der Waals surface area contributed by atoms with Crippen molar-refractivity contribution in [1.29, 1.82) is 0 Å². The van der Waals surface area contributed by atoms with E-state index in [0.29, 0.717) is 11.3 Å². The molecule has 4 rings (SSSR count). The smallest absolute Gasteiger partial charge is 0.416 e. The number of likely N-dealkylation sites (tertiary alicyclic amines) is 1. The largest absolute Gasteiger partial charge is 0.507 e. The van der Waals surface area contributed by atoms with Crippen LogP contribution in [-0.4, -0.2) is 33.8 Å². The molecule has 1 aliphatic rings. The zero-order valence-electron chi connectivity index (χ0n) is 18.8. The normalized spacial score (nSPS) is 17.6. The standard InChI is InChI=1S/C26H21F3N2O4/c1-15-8-9-20(35-2)19(11-15)23(32)21-22(17-6-4-10-30-13-17)31(25(34)24(21)33)14-16-5-3-7-18(12-16)26(27,28)29/h3-13,22,32H,14H2,1-2H3/b23-21+. The van der Waals surface area contributed by atoms with Gasteiger partial charge in [-0.1, -0.05) is 29.8 Å². The highest BCUT2D eigenvalue weighted by molar-refractivity contribution is 6.46. The summed E-state index contributed by atoms with van der Waals surface area (Å²) >= 11 is 0. The number of ketones is 1. The van der Waals surface area contributed by atoms with Crippen LogP contribution in [0.4, 0.5) is 13.2 Å². The first-order valence-corrected chi connectivity index (χ1v) is 10.6. The molecule has 0 saturated carbocycles. The first kappa shape index (κ1) is 24.0. The maximum absolute atomic E-state index is 13.2. The minimum atomic E-state index is -4.56. The lowest BCUT2D eigenvalue weighted by atomic mass is 9.95. The Morgan fingerprint density at radius 2 is 1.89 bits per heavy atom. The number of alkyl halides is 3. The molecular weight excluding hydrogens is 461 g/mol. The fourth-order valence-corrected chi connectivity index (χ4v) is 4.12. The quantitative estimate of drug-likeness (QED) is 0.313. The minimum Gasteiger partial charge on any atom is -0.507 e. The highest BCUT2D eigenvalue weighted by atomic mass is 19.4. The summed E-state index contributed by atoms with van der Waals surface area (Å²) in [6.45, 7) is 1.51. The fraction of sp³-hybridized carbons (Fsp3) is 0.192. The average molecular weight is 482 g/mol. The molecule has 2 heterocycles. The van der Waals surface area contributed by atoms with Gasteiger partial charge >= 0.3 is 6.18 Å². The summed E-state index contributed by atoms with van der Waals surface area (Å²) in [4.78, 5) is 31.5. The van der Waals surface area contributed by atoms with Crippen LogP contribution in [0.15, 0.2) is 72.6 Å². The van der Waals surface area contributed by atoms with Gasteiger partial charge in [-0.3, -0.25) is 14.6 Å². The molecular formula is C26H21F3N2O4. The molecule has 1 fully saturated rings. The van der Waals surface area contributed by atoms with Crippen LogP contribution in [0.3, 0.4) is 0 Å². The third-order valence-corrected chi connectivity index (χ3v) is 5.76. The summed E-state index contributed by atoms with van der Waals surface area (Å²) in [5.74, 6) is -2.04. The van der Waals surface area contributed by atoms with Crippen molar-refractivity contribution in [2.24, 2.45) is 0 Å². The Kier molecular flexibility index (Phi) is 6.34. The van der Waals surface area contributed by atoms with Crippen LogP contribution in [0, 0.1) is 6.92 Å². The Labute approximate surface area is 199 Å². The van der Waals surface area contributed by atoms with Crippen molar-refractivity contribution >= 4 is 17.4 Å². The number of rotatable bonds is 5. The van der Waals surface area contributed by atoms with Crippen LogP contribution in [-0.2, 0) is 22.3 Å². The second-order valence-corrected chi connectivity index (χ2v) is 8.12. The summed E-state index contributed by atoms with van der Waals surface area (Å²) in [5.41, 5.74) is 0.547. The van der Waals surface area contributed by atoms with Gasteiger partial charge in [-0.15, -0.1) is 0 Å². The van der Waals surface area contributed by atoms with Gasteiger partial charge in [0.2, 0.25) is 0 Å². The lowest BCUT2D eigenvalue weighted by molar-refractivity contribution is -0.140. The molecule has 180 valence electrons. The van der Waals surface area contributed by atoms with Gasteiger partial charge in [0, 0.05) is 18.9 Å². The Bertz CT molecular complexity index is 1320. The molecule has 3 aromatic rings. The molecule has 9 heteroatoms. The van der Waals surface area contributed by atoms with Crippen LogP contribution in [0.1, 0.15) is 33.9 Å². The van der Waals surface area contributed by atoms with E-state index in [1.165, 1.54) is 31.6 Å². The maximum Gasteiger partial charge on any atom is 0.416 e. The molecule has 1 N–H and O–H groups in total. The topological polar surface area (TPSA) is 79.7 Å². The number of aliphatic hydroxyl groups excluding tert-OH is 1. The van der Waals surface area contributed by atoms with Crippen molar-refractivity contribution in [2.75, 3.05) is 7.11 Å². The van der Waals surface area contributed by atoms with E-state index in [1.807, 2.05) is 0 Å². The van der Waals surface area contributed by atoms with Crippen LogP contribution >= 0.6 is 0 Å². The van der Waals surface area contributed by atoms with Crippen molar-refractivity contribution in [1.82, 2.24) is 9.88 Å². The number of aliphatic hydroxyl groups is 1. The zero-order chi connectivity index (χ0) is 25.3. The lowest BCUT2D eigenvalue weighted by Crippen LogP contribution is -2.29. The number of pyridine rings is 1. The molecule has 1 unspecified atom stereocenters. The molecule has 2 aromatic carbocycles. The van der Waals surface area contributed by atoms with E-state index in [1.54, 1.807) is 37.3 Å². The van der Waals surface area contributed by atoms with Gasteiger partial charge in [-0.25, -0.2) is 0 Å². The summed E-state index contributed by atoms with van der Waals surface area (Å²) in [6.07, 6.45) is -1.61. The van der Waals surface area contributed by atoms with Gasteiger partial charge in [0.25, 0.3) is 11.7 Å². The van der Waals surface area contributed by atoms with Gasteiger partial charge in [0.05, 0.1) is 29.9 Å². The van der Waals surface area contributed by atoms with E-state index < -0.39 is 35.2 Å². The molecule has 1 saturated heterocycles. The number of hydrogen-bond donors (Lipinski definition) is 1. The minimum absolute atomic E-state index is 0.184. The number of methoxy groups -OCH3 is 1. The van der Waals surface area contributed by atoms with E-state index in [4.69, 9.17) is 4.74 Å². The maximum atomic E-state index is 13.2. The predicted octanol–water partition coefficient (Wildman–Crippen LogP) is 5.04. The van der Waals surface area contributed by atoms with Gasteiger partial charge in [-0.05, 0) is 48.4 Å². The second kappa shape index (κ2) is 9.25. The Balaban J connectivity index is 1.87. The summed E-state index contributed by atoms with van der Waals surface area (Å²) in [5, 5.41) is 11.2. The number of benzene rings is 2. The van der Waals surface area contributed by atoms with Gasteiger partial charge in [0.1, 0.15) is 11.5 Å². The third-order valence-electron chi connectivity index (χ3n) is 5.76. The molecule has 35 heavy (non-hydrogen) atoms. The molecule has 6 nitrogen and oxygen atoms in total. The summed E-state index contributed by atoms with van der Waals surface area (Å²) < 4.78 is 45.0. The summed E-state index contributed by atoms with van der Waals surface area (Å²) in [6, 6.07) is 11.7. The van der Waals surface area contributed by atoms with Crippen molar-refractivity contribution in [2.45, 2.75) is 25.7 Å². The van der Waals surface area contributed by atoms with E-state index >= 15 is 0 Å². The predicted molar refractivity (Wildman–Crippen MR) is 121 cm³/mol. The molecule has 0 radical (unpaired) electrons. The van der Waals surface area contributed by atoms with E-state index in [-0.39, 0.29) is 23.2 Å². The average Bonchev–Trinajstić information content (AvgIpc) is 3.08. The van der Waals surface area contributed by atoms with E-state index in [0.717, 1.165) is 22.6 Å². The molecule has 0 aliphatic carbocycles. The fourth-order valence-electron chi connectivity index (χ4n) is 4.12. The van der Waals surface area contributed by atoms with Gasteiger partial charge in [-0.2, -0.15) is 13.2 Å². The number of Topliss-reactive ketones (excluding diaryl/α,β-unsaturated/α-hetero) is 1. The number of nitrogens with zero attached hydrogens (tertiary/aromatic N) is 2. The second-order valence-electron chi connectivity index (χ2n) is 8.12. The van der Waals surface area contributed by atoms with Gasteiger partial charge in [0.15, 0.2) is 0 Å². The van der Waals surface area contributed by atoms with E-state index in [9.17, 15) is 27.9 Å². The van der Waals surface area contributed by atoms with Crippen molar-refractivity contribution in [3.63, 3.8) is 0 Å². The van der Waals surface area contributed by atoms with Crippen LogP contribution in [0.2, 0.25) is 0 Å². The molecule has 0 spiro atoms. The number of hydrogen-bond acceptors (Lipinski definition) is 5. The number of carbonyl (C=O) groups is 2. The molecule has 1 atom stereocenters. The van der Waals surface area contributed by atoms with Crippen LogP contribution in [0.25, 0.3) is 5.76 Å². The Morgan fingerprint density at radius 3 is 2.54 bits per heavy atom. The van der Waals surface area contributed by atoms with Crippen LogP contribution < -0.4 is 4.74 Å². The number of aryl methyl sites for hydroxylation is 1. The number of amides is 1. The number of carbonyl (C=O) groups excluding carboxylic acids is 2.